The molecule has 3 aliphatic rings. The fourth-order valence-electron chi connectivity index (χ4n) is 4.91. The van der Waals surface area contributed by atoms with Crippen molar-refractivity contribution in [2.45, 2.75) is 57.1 Å². The lowest BCUT2D eigenvalue weighted by molar-refractivity contribution is -0.0535. The van der Waals surface area contributed by atoms with Gasteiger partial charge in [-0.25, -0.2) is 18.8 Å². The number of benzene rings is 1. The van der Waals surface area contributed by atoms with Crippen LogP contribution in [-0.2, 0) is 24.9 Å². The number of imidazole rings is 1. The first kappa shape index (κ1) is 22.2. The summed E-state index contributed by atoms with van der Waals surface area (Å²) in [7, 11) is 4.07. The van der Waals surface area contributed by atoms with E-state index in [1.807, 2.05) is 20.4 Å². The minimum Gasteiger partial charge on any atom is -0.370 e. The number of aliphatic imine (C=N–C) groups is 1. The van der Waals surface area contributed by atoms with E-state index in [4.69, 9.17) is 15.5 Å². The Labute approximate surface area is 192 Å². The summed E-state index contributed by atoms with van der Waals surface area (Å²) in [4.78, 5) is 14.0. The van der Waals surface area contributed by atoms with Gasteiger partial charge in [-0.3, -0.25) is 4.90 Å². The van der Waals surface area contributed by atoms with E-state index in [1.165, 1.54) is 11.8 Å². The number of nitrogens with zero attached hydrogens (tertiary/aromatic N) is 5. The van der Waals surface area contributed by atoms with Gasteiger partial charge in [0, 0.05) is 50.9 Å². The van der Waals surface area contributed by atoms with E-state index in [9.17, 15) is 8.78 Å². The van der Waals surface area contributed by atoms with E-state index in [0.717, 1.165) is 42.3 Å². The predicted octanol–water partition coefficient (Wildman–Crippen LogP) is 2.96. The first-order valence-corrected chi connectivity index (χ1v) is 11.4. The standard InChI is InChI=1S/C24H30F2N6O/c1-14-4-7-20(28-13-30(14)2)24-29-21-10-32(11-22(21)31(24)3)16-9-19(27)23(33-12-16)17-8-15(25)5-6-18(17)26/h5-8,13-14,16,19,23H,4,9-12,27H2,1-3H3/t14?,16-,19?,23-/m1/s1. The number of aromatic nitrogens is 2. The summed E-state index contributed by atoms with van der Waals surface area (Å²) in [5.74, 6) is -0.0938. The van der Waals surface area contributed by atoms with Crippen LogP contribution in [0.1, 0.15) is 48.6 Å². The molecule has 3 aliphatic heterocycles. The molecule has 4 atom stereocenters. The predicted molar refractivity (Wildman–Crippen MR) is 122 cm³/mol. The van der Waals surface area contributed by atoms with E-state index in [0.29, 0.717) is 25.6 Å². The maximum Gasteiger partial charge on any atom is 0.158 e. The number of halogens is 2. The number of rotatable bonds is 3. The molecule has 2 unspecified atom stereocenters. The molecule has 0 spiro atoms. The molecule has 1 aromatic heterocycles. The molecular weight excluding hydrogens is 426 g/mol. The Balaban J connectivity index is 1.28. The molecule has 0 saturated carbocycles. The Morgan fingerprint density at radius 1 is 1.18 bits per heavy atom. The maximum atomic E-state index is 14.2. The monoisotopic (exact) mass is 456 g/mol. The van der Waals surface area contributed by atoms with E-state index in [2.05, 4.69) is 32.4 Å². The Morgan fingerprint density at radius 3 is 2.76 bits per heavy atom. The summed E-state index contributed by atoms with van der Waals surface area (Å²) in [6, 6.07) is 3.48. The zero-order valence-electron chi connectivity index (χ0n) is 19.2. The summed E-state index contributed by atoms with van der Waals surface area (Å²) in [6.07, 6.45) is 4.93. The quantitative estimate of drug-likeness (QED) is 0.769. The summed E-state index contributed by atoms with van der Waals surface area (Å²) < 4.78 is 36.0. The lowest BCUT2D eigenvalue weighted by atomic mass is 9.93. The summed E-state index contributed by atoms with van der Waals surface area (Å²) in [5.41, 5.74) is 9.67. The number of hydrogen-bond donors (Lipinski definition) is 1. The second-order valence-electron chi connectivity index (χ2n) is 9.35. The Kier molecular flexibility index (Phi) is 5.80. The van der Waals surface area contributed by atoms with Gasteiger partial charge in [0.05, 0.1) is 24.3 Å². The van der Waals surface area contributed by atoms with Crippen LogP contribution in [0.5, 0.6) is 0 Å². The van der Waals surface area contributed by atoms with Gasteiger partial charge in [0.2, 0.25) is 0 Å². The molecule has 2 aromatic rings. The van der Waals surface area contributed by atoms with Gasteiger partial charge < -0.3 is 19.9 Å². The molecule has 176 valence electrons. The molecule has 0 radical (unpaired) electrons. The first-order chi connectivity index (χ1) is 15.8. The minimum absolute atomic E-state index is 0.0927. The highest BCUT2D eigenvalue weighted by Crippen LogP contribution is 2.35. The fourth-order valence-corrected chi connectivity index (χ4v) is 4.91. The zero-order valence-corrected chi connectivity index (χ0v) is 19.2. The van der Waals surface area contributed by atoms with Crippen molar-refractivity contribution in [2.75, 3.05) is 13.7 Å². The van der Waals surface area contributed by atoms with Gasteiger partial charge in [-0.05, 0) is 38.0 Å². The molecule has 1 saturated heterocycles. The highest BCUT2D eigenvalue weighted by molar-refractivity contribution is 5.71. The molecule has 0 aliphatic carbocycles. The molecule has 1 fully saturated rings. The topological polar surface area (TPSA) is 71.9 Å². The third-order valence-corrected chi connectivity index (χ3v) is 7.14. The van der Waals surface area contributed by atoms with Crippen LogP contribution in [0.25, 0.3) is 5.70 Å². The van der Waals surface area contributed by atoms with Gasteiger partial charge in [-0.15, -0.1) is 0 Å². The Morgan fingerprint density at radius 2 is 2.00 bits per heavy atom. The van der Waals surface area contributed by atoms with Crippen LogP contribution in [0.3, 0.4) is 0 Å². The van der Waals surface area contributed by atoms with E-state index >= 15 is 0 Å². The summed E-state index contributed by atoms with van der Waals surface area (Å²) in [5, 5.41) is 0. The largest absolute Gasteiger partial charge is 0.370 e. The van der Waals surface area contributed by atoms with Crippen molar-refractivity contribution in [1.29, 1.82) is 0 Å². The van der Waals surface area contributed by atoms with Crippen molar-refractivity contribution in [3.8, 4) is 0 Å². The molecule has 0 bridgehead atoms. The van der Waals surface area contributed by atoms with Crippen LogP contribution in [0.4, 0.5) is 8.78 Å². The lowest BCUT2D eigenvalue weighted by Crippen LogP contribution is -2.47. The SMILES string of the molecule is CC1CC=C(c2nc3c(n2C)CN([C@H]2CO[C@H](c4cc(F)ccc4F)C(N)C2)C3)N=CN1C. The lowest BCUT2D eigenvalue weighted by Gasteiger charge is -2.38. The third kappa shape index (κ3) is 4.09. The van der Waals surface area contributed by atoms with Crippen molar-refractivity contribution in [2.24, 2.45) is 17.8 Å². The van der Waals surface area contributed by atoms with Crippen molar-refractivity contribution < 1.29 is 13.5 Å². The highest BCUT2D eigenvalue weighted by atomic mass is 19.1. The average Bonchev–Trinajstić information content (AvgIpc) is 3.29. The van der Waals surface area contributed by atoms with E-state index < -0.39 is 23.8 Å². The van der Waals surface area contributed by atoms with Crippen molar-refractivity contribution >= 4 is 12.0 Å². The van der Waals surface area contributed by atoms with Crippen LogP contribution in [0.15, 0.2) is 29.3 Å². The van der Waals surface area contributed by atoms with Gasteiger partial charge in [0.1, 0.15) is 23.4 Å². The second-order valence-corrected chi connectivity index (χ2v) is 9.35. The third-order valence-electron chi connectivity index (χ3n) is 7.14. The van der Waals surface area contributed by atoms with E-state index in [1.54, 1.807) is 0 Å². The van der Waals surface area contributed by atoms with Crippen LogP contribution >= 0.6 is 0 Å². The summed E-state index contributed by atoms with van der Waals surface area (Å²) >= 11 is 0. The normalized spacial score (nSPS) is 28.1. The highest BCUT2D eigenvalue weighted by Gasteiger charge is 2.38. The molecule has 33 heavy (non-hydrogen) atoms. The fraction of sp³-hybridized carbons (Fsp3) is 0.500. The van der Waals surface area contributed by atoms with E-state index in [-0.39, 0.29) is 11.6 Å². The molecule has 2 N–H and O–H groups in total. The molecule has 1 aromatic carbocycles. The van der Waals surface area contributed by atoms with Gasteiger partial charge in [0.15, 0.2) is 5.82 Å². The van der Waals surface area contributed by atoms with Crippen LogP contribution in [0, 0.1) is 11.6 Å². The van der Waals surface area contributed by atoms with Crippen LogP contribution < -0.4 is 5.73 Å². The van der Waals surface area contributed by atoms with Gasteiger partial charge in [0.25, 0.3) is 0 Å². The maximum absolute atomic E-state index is 14.2. The number of nitrogens with two attached hydrogens (primary N) is 1. The van der Waals surface area contributed by atoms with Gasteiger partial charge >= 0.3 is 0 Å². The Bertz CT molecular complexity index is 1110. The molecule has 0 amide bonds. The van der Waals surface area contributed by atoms with Crippen molar-refractivity contribution in [1.82, 2.24) is 19.4 Å². The summed E-state index contributed by atoms with van der Waals surface area (Å²) in [6.45, 7) is 4.03. The number of hydrogen-bond acceptors (Lipinski definition) is 6. The van der Waals surface area contributed by atoms with Crippen LogP contribution in [-0.4, -0.2) is 57.5 Å². The molecule has 9 heteroatoms. The smallest absolute Gasteiger partial charge is 0.158 e. The number of ether oxygens (including phenoxy) is 1. The Hall–Kier alpha value is -2.62. The van der Waals surface area contributed by atoms with Crippen molar-refractivity contribution in [3.05, 3.63) is 58.7 Å². The van der Waals surface area contributed by atoms with Gasteiger partial charge in [-0.1, -0.05) is 6.08 Å². The zero-order chi connectivity index (χ0) is 23.3. The molecule has 4 heterocycles. The average molecular weight is 457 g/mol. The minimum atomic E-state index is -0.646. The molecule has 5 rings (SSSR count). The van der Waals surface area contributed by atoms with Crippen LogP contribution in [0.2, 0.25) is 0 Å². The van der Waals surface area contributed by atoms with Gasteiger partial charge in [-0.2, -0.15) is 0 Å². The molecular formula is C24H30F2N6O. The second kappa shape index (κ2) is 8.62. The molecule has 7 nitrogen and oxygen atoms in total. The van der Waals surface area contributed by atoms with Crippen molar-refractivity contribution in [3.63, 3.8) is 0 Å². The number of fused-ring (bicyclic) bond motifs is 1. The first-order valence-electron chi connectivity index (χ1n) is 11.4.